The summed E-state index contributed by atoms with van der Waals surface area (Å²) in [5.41, 5.74) is 1.07. The van der Waals surface area contributed by atoms with Crippen molar-refractivity contribution in [3.63, 3.8) is 0 Å². The molecule has 2 rings (SSSR count). The van der Waals surface area contributed by atoms with Crippen molar-refractivity contribution in [1.82, 2.24) is 14.9 Å². The highest BCUT2D eigenvalue weighted by Crippen LogP contribution is 2.08. The molecule has 0 unspecified atom stereocenters. The molecule has 0 aliphatic rings. The predicted octanol–water partition coefficient (Wildman–Crippen LogP) is 2.07. The number of nitrogens with one attached hydrogen (secondary N) is 1. The number of rotatable bonds is 7. The molecule has 0 spiro atoms. The molecule has 4 heteroatoms. The van der Waals surface area contributed by atoms with E-state index in [1.54, 1.807) is 0 Å². The molecule has 18 heavy (non-hydrogen) atoms. The molecular weight excluding hydrogens is 226 g/mol. The molecule has 96 valence electrons. The maximum atomic E-state index is 5.64. The summed E-state index contributed by atoms with van der Waals surface area (Å²) in [6.07, 6.45) is 4.92. The van der Waals surface area contributed by atoms with Gasteiger partial charge in [-0.15, -0.1) is 0 Å². The molecule has 0 saturated heterocycles. The first-order valence-corrected chi connectivity index (χ1v) is 6.21. The van der Waals surface area contributed by atoms with Crippen LogP contribution in [0, 0.1) is 0 Å². The molecule has 0 radical (unpaired) electrons. The Morgan fingerprint density at radius 1 is 1.28 bits per heavy atom. The van der Waals surface area contributed by atoms with Crippen LogP contribution >= 0.6 is 0 Å². The standard InChI is InChI=1S/C14H19N3O/c1-15-10-13-11-17(12-16-13)8-5-9-18-14-6-3-2-4-7-14/h2-4,6-7,11-12,15H,5,8-10H2,1H3. The van der Waals surface area contributed by atoms with Crippen molar-refractivity contribution in [3.05, 3.63) is 48.5 Å². The molecule has 0 aliphatic carbocycles. The third-order valence-corrected chi connectivity index (χ3v) is 2.62. The third kappa shape index (κ3) is 3.89. The lowest BCUT2D eigenvalue weighted by atomic mass is 10.3. The van der Waals surface area contributed by atoms with E-state index < -0.39 is 0 Å². The normalized spacial score (nSPS) is 10.5. The SMILES string of the molecule is CNCc1cn(CCCOc2ccccc2)cn1. The first-order chi connectivity index (χ1) is 8.88. The van der Waals surface area contributed by atoms with Crippen LogP contribution in [0.1, 0.15) is 12.1 Å². The van der Waals surface area contributed by atoms with Crippen LogP contribution in [-0.4, -0.2) is 23.2 Å². The van der Waals surface area contributed by atoms with Gasteiger partial charge in [0.2, 0.25) is 0 Å². The Morgan fingerprint density at radius 2 is 2.11 bits per heavy atom. The van der Waals surface area contributed by atoms with Gasteiger partial charge in [-0.1, -0.05) is 18.2 Å². The highest BCUT2D eigenvalue weighted by molar-refractivity contribution is 5.20. The fourth-order valence-corrected chi connectivity index (χ4v) is 1.75. The largest absolute Gasteiger partial charge is 0.494 e. The third-order valence-electron chi connectivity index (χ3n) is 2.62. The van der Waals surface area contributed by atoms with Crippen molar-refractivity contribution in [3.8, 4) is 5.75 Å². The Hall–Kier alpha value is -1.81. The monoisotopic (exact) mass is 245 g/mol. The van der Waals surface area contributed by atoms with Gasteiger partial charge in [0.25, 0.3) is 0 Å². The van der Waals surface area contributed by atoms with Crippen molar-refractivity contribution >= 4 is 0 Å². The topological polar surface area (TPSA) is 39.1 Å². The Kier molecular flexibility index (Phi) is 4.78. The van der Waals surface area contributed by atoms with Crippen LogP contribution in [0.3, 0.4) is 0 Å². The Morgan fingerprint density at radius 3 is 2.89 bits per heavy atom. The second kappa shape index (κ2) is 6.81. The smallest absolute Gasteiger partial charge is 0.119 e. The molecule has 0 fully saturated rings. The van der Waals surface area contributed by atoms with Crippen LogP contribution in [0.4, 0.5) is 0 Å². The van der Waals surface area contributed by atoms with E-state index in [1.165, 1.54) is 0 Å². The molecule has 0 amide bonds. The number of hydrogen-bond donors (Lipinski definition) is 1. The fraction of sp³-hybridized carbons (Fsp3) is 0.357. The molecule has 4 nitrogen and oxygen atoms in total. The summed E-state index contributed by atoms with van der Waals surface area (Å²) in [6, 6.07) is 9.90. The average molecular weight is 245 g/mol. The fourth-order valence-electron chi connectivity index (χ4n) is 1.75. The van der Waals surface area contributed by atoms with Crippen LogP contribution < -0.4 is 10.1 Å². The molecule has 0 atom stereocenters. The minimum absolute atomic E-state index is 0.726. The zero-order chi connectivity index (χ0) is 12.6. The quantitative estimate of drug-likeness (QED) is 0.759. The van der Waals surface area contributed by atoms with Gasteiger partial charge in [0.1, 0.15) is 5.75 Å². The molecule has 1 aromatic heterocycles. The summed E-state index contributed by atoms with van der Waals surface area (Å²) in [4.78, 5) is 4.30. The molecular formula is C14H19N3O. The van der Waals surface area contributed by atoms with Crippen molar-refractivity contribution in [2.24, 2.45) is 0 Å². The van der Waals surface area contributed by atoms with Gasteiger partial charge in [-0.3, -0.25) is 0 Å². The lowest BCUT2D eigenvalue weighted by Crippen LogP contribution is -2.05. The van der Waals surface area contributed by atoms with Crippen molar-refractivity contribution in [2.75, 3.05) is 13.7 Å². The Balaban J connectivity index is 1.68. The molecule has 0 saturated carbocycles. The first kappa shape index (κ1) is 12.6. The summed E-state index contributed by atoms with van der Waals surface area (Å²) >= 11 is 0. The van der Waals surface area contributed by atoms with Gasteiger partial charge >= 0.3 is 0 Å². The molecule has 1 heterocycles. The van der Waals surface area contributed by atoms with Crippen LogP contribution in [-0.2, 0) is 13.1 Å². The zero-order valence-corrected chi connectivity index (χ0v) is 10.7. The van der Waals surface area contributed by atoms with Gasteiger partial charge in [-0.05, 0) is 25.6 Å². The number of ether oxygens (including phenoxy) is 1. The van der Waals surface area contributed by atoms with E-state index >= 15 is 0 Å². The zero-order valence-electron chi connectivity index (χ0n) is 10.7. The molecule has 0 aliphatic heterocycles. The van der Waals surface area contributed by atoms with E-state index in [1.807, 2.05) is 43.7 Å². The number of para-hydroxylation sites is 1. The maximum Gasteiger partial charge on any atom is 0.119 e. The van der Waals surface area contributed by atoms with Gasteiger partial charge < -0.3 is 14.6 Å². The molecule has 1 N–H and O–H groups in total. The molecule has 2 aromatic rings. The van der Waals surface area contributed by atoms with E-state index in [4.69, 9.17) is 4.74 Å². The van der Waals surface area contributed by atoms with Gasteiger partial charge in [0.15, 0.2) is 0 Å². The second-order valence-corrected chi connectivity index (χ2v) is 4.15. The molecule has 0 bridgehead atoms. The summed E-state index contributed by atoms with van der Waals surface area (Å²) in [6.45, 7) is 2.47. The van der Waals surface area contributed by atoms with Crippen LogP contribution in [0.15, 0.2) is 42.9 Å². The first-order valence-electron chi connectivity index (χ1n) is 6.21. The van der Waals surface area contributed by atoms with Crippen LogP contribution in [0.5, 0.6) is 5.75 Å². The Labute approximate surface area is 108 Å². The van der Waals surface area contributed by atoms with E-state index in [9.17, 15) is 0 Å². The number of aromatic nitrogens is 2. The Bertz CT molecular complexity index is 453. The van der Waals surface area contributed by atoms with E-state index in [2.05, 4.69) is 21.1 Å². The number of nitrogens with zero attached hydrogens (tertiary/aromatic N) is 2. The maximum absolute atomic E-state index is 5.64. The van der Waals surface area contributed by atoms with Crippen molar-refractivity contribution in [1.29, 1.82) is 0 Å². The summed E-state index contributed by atoms with van der Waals surface area (Å²) in [5, 5.41) is 3.09. The van der Waals surface area contributed by atoms with Gasteiger partial charge in [-0.25, -0.2) is 4.98 Å². The summed E-state index contributed by atoms with van der Waals surface area (Å²) in [7, 11) is 1.92. The van der Waals surface area contributed by atoms with Crippen molar-refractivity contribution < 1.29 is 4.74 Å². The number of hydrogen-bond acceptors (Lipinski definition) is 3. The van der Waals surface area contributed by atoms with E-state index in [-0.39, 0.29) is 0 Å². The minimum Gasteiger partial charge on any atom is -0.494 e. The van der Waals surface area contributed by atoms with E-state index in [0.717, 1.165) is 37.6 Å². The van der Waals surface area contributed by atoms with Gasteiger partial charge in [-0.2, -0.15) is 0 Å². The average Bonchev–Trinajstić information content (AvgIpc) is 2.84. The predicted molar refractivity (Wildman–Crippen MR) is 71.5 cm³/mol. The second-order valence-electron chi connectivity index (χ2n) is 4.15. The molecule has 1 aromatic carbocycles. The van der Waals surface area contributed by atoms with Crippen molar-refractivity contribution in [2.45, 2.75) is 19.5 Å². The number of benzene rings is 1. The van der Waals surface area contributed by atoms with Gasteiger partial charge in [0.05, 0.1) is 18.6 Å². The summed E-state index contributed by atoms with van der Waals surface area (Å²) < 4.78 is 7.73. The number of aryl methyl sites for hydroxylation is 1. The highest BCUT2D eigenvalue weighted by atomic mass is 16.5. The minimum atomic E-state index is 0.726. The number of imidazole rings is 1. The van der Waals surface area contributed by atoms with Crippen LogP contribution in [0.2, 0.25) is 0 Å². The van der Waals surface area contributed by atoms with E-state index in [0.29, 0.717) is 0 Å². The highest BCUT2D eigenvalue weighted by Gasteiger charge is 1.97. The lowest BCUT2D eigenvalue weighted by molar-refractivity contribution is 0.301. The van der Waals surface area contributed by atoms with Gasteiger partial charge in [0, 0.05) is 19.3 Å². The van der Waals surface area contributed by atoms with Crippen LogP contribution in [0.25, 0.3) is 0 Å². The summed E-state index contributed by atoms with van der Waals surface area (Å²) in [5.74, 6) is 0.930. The lowest BCUT2D eigenvalue weighted by Gasteiger charge is -2.06.